The molecule has 0 radical (unpaired) electrons. The zero-order chi connectivity index (χ0) is 28.2. The smallest absolute Gasteiger partial charge is 0.336 e. The standard InChI is InChI=1S/C20H25ClN2O5.C7H5ClO2/c1-4-28-20(25)18-15(11-27-10-9-22)23-12(2)16(19(24)26-3)17(18)13-7-5-6-8-14(13)21;8-6-3-1-5(2-4-6)7(9)10/h5-8,17,23H,4,9-11,22H2,1-3H3;1-4H,(H,9,10). The summed E-state index contributed by atoms with van der Waals surface area (Å²) in [4.78, 5) is 35.7. The minimum Gasteiger partial charge on any atom is -0.478 e. The van der Waals surface area contributed by atoms with Crippen LogP contribution in [-0.2, 0) is 23.8 Å². The fourth-order valence-corrected chi connectivity index (χ4v) is 4.08. The fourth-order valence-electron chi connectivity index (χ4n) is 3.71. The van der Waals surface area contributed by atoms with Crippen LogP contribution in [0, 0.1) is 0 Å². The molecule has 1 atom stereocenters. The predicted octanol–water partition coefficient (Wildman–Crippen LogP) is 4.30. The number of allylic oxidation sites excluding steroid dienone is 1. The number of ether oxygens (including phenoxy) is 3. The maximum atomic E-state index is 12.9. The maximum absolute atomic E-state index is 12.9. The second-order valence-corrected chi connectivity index (χ2v) is 8.72. The summed E-state index contributed by atoms with van der Waals surface area (Å²) in [5.41, 5.74) is 7.95. The summed E-state index contributed by atoms with van der Waals surface area (Å²) in [5.74, 6) is -2.80. The molecule has 0 aliphatic carbocycles. The summed E-state index contributed by atoms with van der Waals surface area (Å²) in [6.45, 7) is 4.42. The molecule has 0 saturated heterocycles. The van der Waals surface area contributed by atoms with Crippen molar-refractivity contribution in [3.05, 3.63) is 92.2 Å². The Morgan fingerprint density at radius 1 is 1.03 bits per heavy atom. The highest BCUT2D eigenvalue weighted by Gasteiger charge is 2.39. The van der Waals surface area contributed by atoms with Gasteiger partial charge in [-0.3, -0.25) is 0 Å². The molecule has 1 heterocycles. The van der Waals surface area contributed by atoms with Gasteiger partial charge in [0.2, 0.25) is 0 Å². The van der Waals surface area contributed by atoms with Crippen molar-refractivity contribution in [3.63, 3.8) is 0 Å². The molecule has 11 heteroatoms. The van der Waals surface area contributed by atoms with Gasteiger partial charge in [0.1, 0.15) is 0 Å². The molecule has 9 nitrogen and oxygen atoms in total. The van der Waals surface area contributed by atoms with Crippen molar-refractivity contribution in [1.82, 2.24) is 5.32 Å². The second-order valence-electron chi connectivity index (χ2n) is 7.88. The number of halogens is 2. The minimum atomic E-state index is -0.934. The Morgan fingerprint density at radius 3 is 2.24 bits per heavy atom. The van der Waals surface area contributed by atoms with Crippen LogP contribution in [0.25, 0.3) is 0 Å². The molecule has 1 aliphatic heterocycles. The number of carboxylic acid groups (broad SMARTS) is 1. The van der Waals surface area contributed by atoms with E-state index in [0.29, 0.717) is 45.7 Å². The minimum absolute atomic E-state index is 0.109. The highest BCUT2D eigenvalue weighted by molar-refractivity contribution is 6.31. The normalized spacial score (nSPS) is 14.7. The molecule has 1 aliphatic rings. The topological polar surface area (TPSA) is 137 Å². The molecule has 0 fully saturated rings. The van der Waals surface area contributed by atoms with Crippen molar-refractivity contribution in [2.24, 2.45) is 5.73 Å². The number of nitrogens with one attached hydrogen (secondary N) is 1. The summed E-state index contributed by atoms with van der Waals surface area (Å²) in [6, 6.07) is 13.1. The van der Waals surface area contributed by atoms with Crippen LogP contribution in [-0.4, -0.2) is 56.5 Å². The van der Waals surface area contributed by atoms with Gasteiger partial charge in [-0.2, -0.15) is 0 Å². The molecule has 2 aromatic rings. The fraction of sp³-hybridized carbons (Fsp3) is 0.296. The first-order chi connectivity index (χ1) is 18.2. The van der Waals surface area contributed by atoms with Gasteiger partial charge in [0.25, 0.3) is 0 Å². The quantitative estimate of drug-likeness (QED) is 0.300. The third-order valence-corrected chi connectivity index (χ3v) is 5.96. The summed E-state index contributed by atoms with van der Waals surface area (Å²) in [7, 11) is 1.29. The third kappa shape index (κ3) is 8.06. The zero-order valence-electron chi connectivity index (χ0n) is 21.3. The van der Waals surface area contributed by atoms with Gasteiger partial charge < -0.3 is 30.4 Å². The molecule has 0 spiro atoms. The van der Waals surface area contributed by atoms with E-state index in [9.17, 15) is 14.4 Å². The number of dihydropyridines is 1. The average Bonchev–Trinajstić information content (AvgIpc) is 2.89. The van der Waals surface area contributed by atoms with Crippen LogP contribution in [0.2, 0.25) is 10.0 Å². The second kappa shape index (κ2) is 15.1. The number of aromatic carboxylic acids is 1. The number of hydrogen-bond donors (Lipinski definition) is 3. The van der Waals surface area contributed by atoms with Crippen LogP contribution in [0.5, 0.6) is 0 Å². The van der Waals surface area contributed by atoms with Crippen molar-refractivity contribution in [3.8, 4) is 0 Å². The molecule has 4 N–H and O–H groups in total. The molecule has 2 aromatic carbocycles. The lowest BCUT2D eigenvalue weighted by Gasteiger charge is -2.31. The average molecular weight is 565 g/mol. The van der Waals surface area contributed by atoms with Crippen LogP contribution in [0.1, 0.15) is 35.7 Å². The van der Waals surface area contributed by atoms with E-state index in [0.717, 1.165) is 0 Å². The van der Waals surface area contributed by atoms with Gasteiger partial charge in [0.15, 0.2) is 0 Å². The number of nitrogens with two attached hydrogens (primary N) is 1. The largest absolute Gasteiger partial charge is 0.478 e. The lowest BCUT2D eigenvalue weighted by atomic mass is 9.80. The Balaban J connectivity index is 0.000000423. The number of esters is 2. The number of hydrogen-bond acceptors (Lipinski definition) is 8. The maximum Gasteiger partial charge on any atom is 0.336 e. The molecule has 0 bridgehead atoms. The van der Waals surface area contributed by atoms with E-state index in [2.05, 4.69) is 5.32 Å². The number of carbonyl (C=O) groups excluding carboxylic acids is 2. The first-order valence-corrected chi connectivity index (χ1v) is 12.4. The van der Waals surface area contributed by atoms with E-state index in [4.69, 9.17) is 48.3 Å². The van der Waals surface area contributed by atoms with Gasteiger partial charge in [-0.05, 0) is 49.7 Å². The number of methoxy groups -OCH3 is 1. The molecular formula is C27H30Cl2N2O7. The van der Waals surface area contributed by atoms with Gasteiger partial charge in [0, 0.05) is 22.3 Å². The molecular weight excluding hydrogens is 535 g/mol. The van der Waals surface area contributed by atoms with Gasteiger partial charge in [-0.1, -0.05) is 41.4 Å². The Labute approximate surface area is 231 Å². The first kappa shape index (κ1) is 30.9. The molecule has 1 unspecified atom stereocenters. The monoisotopic (exact) mass is 564 g/mol. The van der Waals surface area contributed by atoms with Crippen molar-refractivity contribution in [1.29, 1.82) is 0 Å². The van der Waals surface area contributed by atoms with E-state index in [1.54, 1.807) is 50.2 Å². The van der Waals surface area contributed by atoms with Gasteiger partial charge in [-0.25, -0.2) is 14.4 Å². The lowest BCUT2D eigenvalue weighted by Crippen LogP contribution is -2.35. The molecule has 0 saturated carbocycles. The van der Waals surface area contributed by atoms with Gasteiger partial charge in [0.05, 0.1) is 55.3 Å². The number of carboxylic acids is 1. The van der Waals surface area contributed by atoms with Crippen LogP contribution < -0.4 is 11.1 Å². The zero-order valence-corrected chi connectivity index (χ0v) is 22.8. The SMILES string of the molecule is CCOC(=O)C1=C(COCCN)NC(C)=C(C(=O)OC)C1c1ccccc1Cl.O=C(O)c1ccc(Cl)cc1. The Bertz CT molecular complexity index is 1210. The molecule has 3 rings (SSSR count). The molecule has 0 amide bonds. The van der Waals surface area contributed by atoms with E-state index in [1.165, 1.54) is 19.2 Å². The highest BCUT2D eigenvalue weighted by Crippen LogP contribution is 2.41. The van der Waals surface area contributed by atoms with Crippen LogP contribution in [0.4, 0.5) is 0 Å². The number of rotatable bonds is 9. The van der Waals surface area contributed by atoms with E-state index < -0.39 is 23.8 Å². The van der Waals surface area contributed by atoms with Crippen LogP contribution in [0.3, 0.4) is 0 Å². The summed E-state index contributed by atoms with van der Waals surface area (Å²) >= 11 is 11.9. The summed E-state index contributed by atoms with van der Waals surface area (Å²) in [5, 5.41) is 12.5. The van der Waals surface area contributed by atoms with E-state index >= 15 is 0 Å². The van der Waals surface area contributed by atoms with E-state index in [1.807, 2.05) is 0 Å². The Kier molecular flexibility index (Phi) is 12.3. The van der Waals surface area contributed by atoms with E-state index in [-0.39, 0.29) is 24.4 Å². The van der Waals surface area contributed by atoms with Crippen molar-refractivity contribution in [2.45, 2.75) is 19.8 Å². The van der Waals surface area contributed by atoms with Crippen molar-refractivity contribution >= 4 is 41.1 Å². The van der Waals surface area contributed by atoms with Crippen LogP contribution in [0.15, 0.2) is 71.1 Å². The van der Waals surface area contributed by atoms with Crippen molar-refractivity contribution in [2.75, 3.05) is 33.5 Å². The number of carbonyl (C=O) groups is 3. The highest BCUT2D eigenvalue weighted by atomic mass is 35.5. The molecule has 204 valence electrons. The lowest BCUT2D eigenvalue weighted by molar-refractivity contribution is -0.139. The summed E-state index contributed by atoms with van der Waals surface area (Å²) in [6.07, 6.45) is 0. The Morgan fingerprint density at radius 2 is 1.68 bits per heavy atom. The van der Waals surface area contributed by atoms with Gasteiger partial charge >= 0.3 is 17.9 Å². The van der Waals surface area contributed by atoms with Crippen LogP contribution >= 0.6 is 23.2 Å². The molecule has 0 aromatic heterocycles. The third-order valence-electron chi connectivity index (χ3n) is 5.36. The summed E-state index contributed by atoms with van der Waals surface area (Å²) < 4.78 is 15.8. The van der Waals surface area contributed by atoms with Crippen molar-refractivity contribution < 1.29 is 33.7 Å². The Hall–Kier alpha value is -3.37. The number of benzene rings is 2. The first-order valence-electron chi connectivity index (χ1n) is 11.6. The molecule has 38 heavy (non-hydrogen) atoms. The predicted molar refractivity (Wildman–Crippen MR) is 144 cm³/mol. The van der Waals surface area contributed by atoms with Gasteiger partial charge in [-0.15, -0.1) is 0 Å².